The number of hydrogen-bond donors (Lipinski definition) is 0. The van der Waals surface area contributed by atoms with Gasteiger partial charge in [0, 0.05) is 17.1 Å². The summed E-state index contributed by atoms with van der Waals surface area (Å²) < 4.78 is 27.9. The molecule has 0 aliphatic rings. The van der Waals surface area contributed by atoms with E-state index >= 15 is 0 Å². The molecule has 0 saturated carbocycles. The number of hydrogen-bond acceptors (Lipinski definition) is 2. The summed E-state index contributed by atoms with van der Waals surface area (Å²) in [4.78, 5) is 16.7. The van der Waals surface area contributed by atoms with Crippen LogP contribution in [0.3, 0.4) is 0 Å². The molecule has 6 heteroatoms. The average Bonchev–Trinajstić information content (AvgIpc) is 2.49. The van der Waals surface area contributed by atoms with Gasteiger partial charge >= 0.3 is 0 Å². The first-order valence-corrected chi connectivity index (χ1v) is 7.38. The number of pyridine rings is 1. The van der Waals surface area contributed by atoms with Gasteiger partial charge in [0.05, 0.1) is 20.6 Å². The number of rotatable bonds is 2. The van der Waals surface area contributed by atoms with Crippen LogP contribution >= 0.6 is 27.5 Å². The van der Waals surface area contributed by atoms with Crippen molar-refractivity contribution >= 4 is 44.2 Å². The van der Waals surface area contributed by atoms with Gasteiger partial charge in [-0.3, -0.25) is 9.78 Å². The second-order valence-corrected chi connectivity index (χ2v) is 5.78. The molecule has 0 atom stereocenters. The minimum absolute atomic E-state index is 0.0545. The van der Waals surface area contributed by atoms with Crippen LogP contribution in [0.1, 0.15) is 15.9 Å². The van der Waals surface area contributed by atoms with Crippen molar-refractivity contribution in [2.24, 2.45) is 0 Å². The molecule has 0 aliphatic heterocycles. The van der Waals surface area contributed by atoms with Crippen LogP contribution in [0.5, 0.6) is 0 Å². The quantitative estimate of drug-likeness (QED) is 0.573. The van der Waals surface area contributed by atoms with Crippen LogP contribution in [-0.2, 0) is 0 Å². The van der Waals surface area contributed by atoms with Gasteiger partial charge in [-0.25, -0.2) is 8.78 Å². The summed E-state index contributed by atoms with van der Waals surface area (Å²) in [7, 11) is 0. The predicted molar refractivity (Wildman–Crippen MR) is 84.2 cm³/mol. The zero-order valence-electron chi connectivity index (χ0n) is 10.9. The summed E-state index contributed by atoms with van der Waals surface area (Å²) in [6.45, 7) is 0. The third kappa shape index (κ3) is 2.51. The van der Waals surface area contributed by atoms with Gasteiger partial charge in [0.2, 0.25) is 0 Å². The first-order chi connectivity index (χ1) is 10.5. The Morgan fingerprint density at radius 3 is 2.73 bits per heavy atom. The minimum Gasteiger partial charge on any atom is -0.288 e. The van der Waals surface area contributed by atoms with Crippen LogP contribution in [0.25, 0.3) is 10.9 Å². The molecule has 2 nitrogen and oxygen atoms in total. The maximum Gasteiger partial charge on any atom is 0.198 e. The molecule has 22 heavy (non-hydrogen) atoms. The number of ketones is 1. The van der Waals surface area contributed by atoms with Crippen molar-refractivity contribution in [1.82, 2.24) is 4.98 Å². The Balaban J connectivity index is 2.25. The van der Waals surface area contributed by atoms with Gasteiger partial charge in [0.25, 0.3) is 0 Å². The molecule has 0 bridgehead atoms. The molecule has 0 amide bonds. The van der Waals surface area contributed by atoms with Crippen LogP contribution in [-0.4, -0.2) is 10.8 Å². The maximum atomic E-state index is 14.3. The largest absolute Gasteiger partial charge is 0.288 e. The van der Waals surface area contributed by atoms with E-state index in [4.69, 9.17) is 11.6 Å². The summed E-state index contributed by atoms with van der Waals surface area (Å²) in [5.74, 6) is -2.05. The van der Waals surface area contributed by atoms with E-state index in [-0.39, 0.29) is 20.6 Å². The highest BCUT2D eigenvalue weighted by atomic mass is 79.9. The van der Waals surface area contributed by atoms with Crippen molar-refractivity contribution in [1.29, 1.82) is 0 Å². The van der Waals surface area contributed by atoms with Crippen LogP contribution in [0.15, 0.2) is 47.1 Å². The van der Waals surface area contributed by atoms with E-state index in [1.807, 2.05) is 0 Å². The van der Waals surface area contributed by atoms with Crippen LogP contribution in [0, 0.1) is 11.6 Å². The topological polar surface area (TPSA) is 30.0 Å². The molecule has 110 valence electrons. The SMILES string of the molecule is O=C(c1cc(F)ccc1Cl)c1c(F)cc2cccnc2c1Br. The van der Waals surface area contributed by atoms with E-state index in [0.717, 1.165) is 12.1 Å². The molecule has 1 heterocycles. The van der Waals surface area contributed by atoms with Crippen LogP contribution in [0.4, 0.5) is 8.78 Å². The number of fused-ring (bicyclic) bond motifs is 1. The lowest BCUT2D eigenvalue weighted by Gasteiger charge is -2.09. The molecule has 2 aromatic carbocycles. The Labute approximate surface area is 137 Å². The van der Waals surface area contributed by atoms with E-state index < -0.39 is 17.4 Å². The van der Waals surface area contributed by atoms with E-state index in [1.54, 1.807) is 12.1 Å². The predicted octanol–water partition coefficient (Wildman–Crippen LogP) is 5.16. The molecule has 0 radical (unpaired) electrons. The number of carbonyl (C=O) groups excluding carboxylic acids is 1. The molecular weight excluding hydrogens is 376 g/mol. The first-order valence-electron chi connectivity index (χ1n) is 6.21. The Bertz CT molecular complexity index is 914. The van der Waals surface area contributed by atoms with Crippen molar-refractivity contribution in [2.75, 3.05) is 0 Å². The summed E-state index contributed by atoms with van der Waals surface area (Å²) in [5, 5.41) is 0.604. The van der Waals surface area contributed by atoms with Crippen molar-refractivity contribution in [3.63, 3.8) is 0 Å². The van der Waals surface area contributed by atoms with E-state index in [9.17, 15) is 13.6 Å². The maximum absolute atomic E-state index is 14.3. The van der Waals surface area contributed by atoms with Crippen molar-refractivity contribution in [3.05, 3.63) is 74.9 Å². The normalized spacial score (nSPS) is 10.9. The fourth-order valence-corrected chi connectivity index (χ4v) is 3.07. The monoisotopic (exact) mass is 381 g/mol. The molecular formula is C16H7BrClF2NO. The molecule has 3 aromatic rings. The Kier molecular flexibility index (Phi) is 3.93. The molecule has 0 unspecified atom stereocenters. The van der Waals surface area contributed by atoms with Gasteiger partial charge < -0.3 is 0 Å². The Hall–Kier alpha value is -1.85. The standard InChI is InChI=1S/C16H7BrClF2NO/c17-14-13(12(20)6-8-2-1-5-21-15(8)14)16(22)10-7-9(19)3-4-11(10)18/h1-7H. The van der Waals surface area contributed by atoms with Crippen LogP contribution in [0.2, 0.25) is 5.02 Å². The molecule has 0 saturated heterocycles. The molecule has 3 rings (SSSR count). The Morgan fingerprint density at radius 1 is 1.18 bits per heavy atom. The van der Waals surface area contributed by atoms with Crippen LogP contribution < -0.4 is 0 Å². The van der Waals surface area contributed by atoms with E-state index in [2.05, 4.69) is 20.9 Å². The highest BCUT2D eigenvalue weighted by Crippen LogP contribution is 2.32. The van der Waals surface area contributed by atoms with Gasteiger partial charge in [-0.15, -0.1) is 0 Å². The fourth-order valence-electron chi connectivity index (χ4n) is 2.16. The second-order valence-electron chi connectivity index (χ2n) is 4.58. The average molecular weight is 383 g/mol. The number of aromatic nitrogens is 1. The minimum atomic E-state index is -0.724. The molecule has 1 aromatic heterocycles. The third-order valence-corrected chi connectivity index (χ3v) is 4.29. The highest BCUT2D eigenvalue weighted by Gasteiger charge is 2.22. The van der Waals surface area contributed by atoms with Gasteiger partial charge in [-0.05, 0) is 46.3 Å². The van der Waals surface area contributed by atoms with Gasteiger partial charge in [0.15, 0.2) is 5.78 Å². The van der Waals surface area contributed by atoms with Gasteiger partial charge in [-0.1, -0.05) is 17.7 Å². The summed E-state index contributed by atoms with van der Waals surface area (Å²) in [6, 6.07) is 7.94. The zero-order valence-corrected chi connectivity index (χ0v) is 13.3. The lowest BCUT2D eigenvalue weighted by Crippen LogP contribution is -2.07. The molecule has 0 aliphatic carbocycles. The van der Waals surface area contributed by atoms with Crippen molar-refractivity contribution in [3.8, 4) is 0 Å². The number of halogens is 4. The second kappa shape index (κ2) is 5.74. The van der Waals surface area contributed by atoms with Gasteiger partial charge in [0.1, 0.15) is 11.6 Å². The third-order valence-electron chi connectivity index (χ3n) is 3.19. The summed E-state index contributed by atoms with van der Waals surface area (Å²) in [6.07, 6.45) is 1.54. The lowest BCUT2D eigenvalue weighted by atomic mass is 10.0. The van der Waals surface area contributed by atoms with E-state index in [1.165, 1.54) is 18.3 Å². The number of carbonyl (C=O) groups is 1. The number of nitrogens with zero attached hydrogens (tertiary/aromatic N) is 1. The zero-order chi connectivity index (χ0) is 15.9. The Morgan fingerprint density at radius 2 is 1.95 bits per heavy atom. The lowest BCUT2D eigenvalue weighted by molar-refractivity contribution is 0.103. The van der Waals surface area contributed by atoms with Crippen molar-refractivity contribution in [2.45, 2.75) is 0 Å². The molecule has 0 spiro atoms. The molecule has 0 N–H and O–H groups in total. The first kappa shape index (κ1) is 15.1. The van der Waals surface area contributed by atoms with Gasteiger partial charge in [-0.2, -0.15) is 0 Å². The summed E-state index contributed by atoms with van der Waals surface area (Å²) >= 11 is 9.14. The summed E-state index contributed by atoms with van der Waals surface area (Å²) in [5.41, 5.74) is 0.120. The fraction of sp³-hybridized carbons (Fsp3) is 0. The van der Waals surface area contributed by atoms with Crippen molar-refractivity contribution < 1.29 is 13.6 Å². The smallest absolute Gasteiger partial charge is 0.198 e. The van der Waals surface area contributed by atoms with E-state index in [0.29, 0.717) is 10.9 Å². The number of benzene rings is 2. The highest BCUT2D eigenvalue weighted by molar-refractivity contribution is 9.10. The molecule has 0 fully saturated rings.